The Morgan fingerprint density at radius 3 is 2.68 bits per heavy atom. The number of sulfonamides is 1. The number of amides is 1. The number of imidazole rings is 1. The molecule has 0 unspecified atom stereocenters. The summed E-state index contributed by atoms with van der Waals surface area (Å²) in [5, 5.41) is 27.4. The van der Waals surface area contributed by atoms with E-state index in [4.69, 9.17) is 16.2 Å². The molecule has 15 heteroatoms. The first-order chi connectivity index (χ1) is 13.1. The first-order valence-corrected chi connectivity index (χ1v) is 9.45. The lowest BCUT2D eigenvalue weighted by molar-refractivity contribution is -0.121. The van der Waals surface area contributed by atoms with E-state index >= 15 is 0 Å². The molecule has 1 aliphatic heterocycles. The van der Waals surface area contributed by atoms with Crippen molar-refractivity contribution in [2.24, 2.45) is 5.73 Å². The van der Waals surface area contributed by atoms with Crippen LogP contribution in [0.25, 0.3) is 11.2 Å². The van der Waals surface area contributed by atoms with Crippen molar-refractivity contribution in [2.75, 3.05) is 12.3 Å². The van der Waals surface area contributed by atoms with E-state index in [9.17, 15) is 28.5 Å². The molecule has 14 nitrogen and oxygen atoms in total. The molecule has 8 N–H and O–H groups in total. The molecular formula is C13H19N7O7S. The van der Waals surface area contributed by atoms with Crippen LogP contribution in [-0.4, -0.2) is 80.1 Å². The zero-order valence-electron chi connectivity index (χ0n) is 14.5. The lowest BCUT2D eigenvalue weighted by atomic mass is 10.1. The van der Waals surface area contributed by atoms with Gasteiger partial charge in [0, 0.05) is 0 Å². The summed E-state index contributed by atoms with van der Waals surface area (Å²) in [6.07, 6.45) is -3.48. The molecule has 0 aliphatic carbocycles. The van der Waals surface area contributed by atoms with Crippen molar-refractivity contribution in [1.82, 2.24) is 24.2 Å². The number of nitrogens with zero attached hydrogens (tertiary/aromatic N) is 4. The maximum atomic E-state index is 13.1. The van der Waals surface area contributed by atoms with Crippen LogP contribution in [0.1, 0.15) is 6.92 Å². The van der Waals surface area contributed by atoms with Gasteiger partial charge in [-0.25, -0.2) is 28.1 Å². The quantitative estimate of drug-likeness (QED) is 0.273. The number of hydrogen-bond acceptors (Lipinski definition) is 12. The van der Waals surface area contributed by atoms with Crippen LogP contribution in [0, 0.1) is 0 Å². The lowest BCUT2D eigenvalue weighted by Gasteiger charge is -2.32. The average Bonchev–Trinajstić information content (AvgIpc) is 3.16. The minimum atomic E-state index is -4.92. The monoisotopic (exact) mass is 417 g/mol. The summed E-state index contributed by atoms with van der Waals surface area (Å²) in [5.74, 6) is -1.17. The molecule has 5 atom stereocenters. The SMILES string of the molecule is C[C@H](N)C(=O)NS(=O)(=O)[C@@]1(n2cnc3c(N)ncnc32)O[C@H](CO)[C@@H](O)[C@H]1O. The van der Waals surface area contributed by atoms with Crippen LogP contribution in [0.3, 0.4) is 0 Å². The zero-order chi connectivity index (χ0) is 20.9. The number of hydrogen-bond donors (Lipinski definition) is 6. The van der Waals surface area contributed by atoms with Crippen LogP contribution in [0.4, 0.5) is 5.82 Å². The van der Waals surface area contributed by atoms with Gasteiger partial charge in [-0.2, -0.15) is 0 Å². The normalized spacial score (nSPS) is 29.1. The number of aliphatic hydroxyl groups excluding tert-OH is 3. The van der Waals surface area contributed by atoms with Gasteiger partial charge in [-0.3, -0.25) is 9.36 Å². The molecule has 1 fully saturated rings. The summed E-state index contributed by atoms with van der Waals surface area (Å²) < 4.78 is 34.1. The molecule has 1 saturated heterocycles. The van der Waals surface area contributed by atoms with E-state index in [-0.39, 0.29) is 17.0 Å². The van der Waals surface area contributed by atoms with Crippen molar-refractivity contribution in [3.05, 3.63) is 12.7 Å². The van der Waals surface area contributed by atoms with Crippen molar-refractivity contribution in [3.63, 3.8) is 0 Å². The number of rotatable bonds is 5. The third-order valence-electron chi connectivity index (χ3n) is 4.31. The van der Waals surface area contributed by atoms with Gasteiger partial charge in [-0.15, -0.1) is 0 Å². The Kier molecular flexibility index (Phi) is 4.98. The number of aliphatic hydroxyl groups is 3. The topological polar surface area (TPSA) is 229 Å². The van der Waals surface area contributed by atoms with Crippen LogP contribution in [0.5, 0.6) is 0 Å². The Labute approximate surface area is 158 Å². The van der Waals surface area contributed by atoms with Crippen LogP contribution in [0.2, 0.25) is 0 Å². The second-order valence-electron chi connectivity index (χ2n) is 6.21. The number of nitrogens with two attached hydrogens (primary N) is 2. The first kappa shape index (κ1) is 20.3. The Morgan fingerprint density at radius 1 is 1.43 bits per heavy atom. The van der Waals surface area contributed by atoms with Gasteiger partial charge >= 0.3 is 5.06 Å². The van der Waals surface area contributed by atoms with E-state index < -0.39 is 51.9 Å². The fraction of sp³-hybridized carbons (Fsp3) is 0.538. The van der Waals surface area contributed by atoms with E-state index in [1.807, 2.05) is 0 Å². The highest BCUT2D eigenvalue weighted by Crippen LogP contribution is 2.41. The summed E-state index contributed by atoms with van der Waals surface area (Å²) in [6.45, 7) is 0.426. The molecule has 0 saturated carbocycles. The molecule has 0 bridgehead atoms. The minimum absolute atomic E-state index is 0.00617. The average molecular weight is 417 g/mol. The highest BCUT2D eigenvalue weighted by atomic mass is 32.2. The molecule has 0 aromatic carbocycles. The third-order valence-corrected chi connectivity index (χ3v) is 6.08. The fourth-order valence-corrected chi connectivity index (χ4v) is 4.55. The van der Waals surface area contributed by atoms with E-state index in [2.05, 4.69) is 15.0 Å². The summed E-state index contributed by atoms with van der Waals surface area (Å²) in [7, 11) is -4.92. The number of anilines is 1. The Hall–Kier alpha value is -2.43. The second-order valence-corrected chi connectivity index (χ2v) is 8.01. The largest absolute Gasteiger partial charge is 0.394 e. The van der Waals surface area contributed by atoms with Crippen molar-refractivity contribution >= 4 is 32.9 Å². The summed E-state index contributed by atoms with van der Waals surface area (Å²) >= 11 is 0. The van der Waals surface area contributed by atoms with Gasteiger partial charge in [0.1, 0.15) is 36.5 Å². The second kappa shape index (κ2) is 6.87. The van der Waals surface area contributed by atoms with Crippen molar-refractivity contribution in [2.45, 2.75) is 36.3 Å². The van der Waals surface area contributed by atoms with E-state index in [1.54, 1.807) is 4.72 Å². The molecule has 1 amide bonds. The van der Waals surface area contributed by atoms with Gasteiger partial charge in [-0.1, -0.05) is 0 Å². The highest BCUT2D eigenvalue weighted by Gasteiger charge is 2.65. The molecule has 1 aliphatic rings. The Bertz CT molecular complexity index is 1010. The van der Waals surface area contributed by atoms with Crippen LogP contribution >= 0.6 is 0 Å². The van der Waals surface area contributed by atoms with Gasteiger partial charge in [0.15, 0.2) is 11.5 Å². The molecule has 0 spiro atoms. The molecular weight excluding hydrogens is 398 g/mol. The molecule has 3 heterocycles. The predicted molar refractivity (Wildman–Crippen MR) is 92.4 cm³/mol. The highest BCUT2D eigenvalue weighted by molar-refractivity contribution is 7.90. The summed E-state index contributed by atoms with van der Waals surface area (Å²) in [6, 6.07) is -1.21. The number of aromatic nitrogens is 4. The number of nitrogen functional groups attached to an aromatic ring is 1. The van der Waals surface area contributed by atoms with Gasteiger partial charge in [-0.05, 0) is 6.92 Å². The van der Waals surface area contributed by atoms with Gasteiger partial charge in [0.05, 0.1) is 12.6 Å². The van der Waals surface area contributed by atoms with Gasteiger partial charge in [0.2, 0.25) is 5.91 Å². The molecule has 0 radical (unpaired) electrons. The Balaban J connectivity index is 2.27. The molecule has 28 heavy (non-hydrogen) atoms. The molecule has 3 rings (SSSR count). The summed E-state index contributed by atoms with van der Waals surface area (Å²) in [4.78, 5) is 23.5. The fourth-order valence-electron chi connectivity index (χ4n) is 2.85. The maximum Gasteiger partial charge on any atom is 0.300 e. The number of carbonyl (C=O) groups excluding carboxylic acids is 1. The van der Waals surface area contributed by atoms with Gasteiger partial charge in [0.25, 0.3) is 10.0 Å². The van der Waals surface area contributed by atoms with Crippen molar-refractivity contribution < 1.29 is 33.3 Å². The lowest BCUT2D eigenvalue weighted by Crippen LogP contribution is -2.58. The van der Waals surface area contributed by atoms with Crippen LogP contribution in [-0.2, 0) is 24.6 Å². The van der Waals surface area contributed by atoms with Crippen LogP contribution in [0.15, 0.2) is 12.7 Å². The molecule has 2 aromatic heterocycles. The van der Waals surface area contributed by atoms with Gasteiger partial charge < -0.3 is 31.5 Å². The Morgan fingerprint density at radius 2 is 2.11 bits per heavy atom. The first-order valence-electron chi connectivity index (χ1n) is 7.97. The standard InChI is InChI=1S/C13H19N7O7S/c1-5(14)12(24)19-28(25,26)13(9(23)8(22)6(2-21)27-13)20-4-18-7-10(15)16-3-17-11(7)20/h3-6,8-9,21-23H,2,14H2,1H3,(H,19,24)(H2,15,16,17)/t5-,6+,8+,9+,13-/m0/s1. The number of fused-ring (bicyclic) bond motifs is 1. The zero-order valence-corrected chi connectivity index (χ0v) is 15.3. The minimum Gasteiger partial charge on any atom is -0.394 e. The number of ether oxygens (including phenoxy) is 1. The van der Waals surface area contributed by atoms with E-state index in [0.29, 0.717) is 0 Å². The third kappa shape index (κ3) is 2.79. The van der Waals surface area contributed by atoms with Crippen molar-refractivity contribution in [3.8, 4) is 0 Å². The predicted octanol–water partition coefficient (Wildman–Crippen LogP) is -4.08. The van der Waals surface area contributed by atoms with Crippen molar-refractivity contribution in [1.29, 1.82) is 0 Å². The van der Waals surface area contributed by atoms with E-state index in [1.165, 1.54) is 6.92 Å². The molecule has 154 valence electrons. The summed E-state index contributed by atoms with van der Waals surface area (Å²) in [5.41, 5.74) is 10.9. The smallest absolute Gasteiger partial charge is 0.300 e. The number of carbonyl (C=O) groups is 1. The van der Waals surface area contributed by atoms with E-state index in [0.717, 1.165) is 17.2 Å². The van der Waals surface area contributed by atoms with Crippen LogP contribution < -0.4 is 16.2 Å². The molecule has 2 aromatic rings. The number of nitrogens with one attached hydrogen (secondary N) is 1. The maximum absolute atomic E-state index is 13.1.